The lowest BCUT2D eigenvalue weighted by Crippen LogP contribution is -2.59. The van der Waals surface area contributed by atoms with Crippen LogP contribution in [0.4, 0.5) is 0 Å². The van der Waals surface area contributed by atoms with Crippen molar-refractivity contribution in [3.63, 3.8) is 0 Å². The molecule has 3 aromatic rings. The van der Waals surface area contributed by atoms with Crippen molar-refractivity contribution in [2.75, 3.05) is 20.2 Å². The summed E-state index contributed by atoms with van der Waals surface area (Å²) in [6, 6.07) is 8.29. The van der Waals surface area contributed by atoms with Crippen LogP contribution in [0.1, 0.15) is 90.6 Å². The number of imidazole rings is 1. The minimum Gasteiger partial charge on any atom is -0.618 e. The number of pyridine rings is 1. The standard InChI is InChI=1S/C47H70N9O12P/c1-8-31(6)42(46(62)49-26-34-17-12-13-20-56(34)64)53-43(59)35(30(4)5)24-40(57)36(21-29(2)3)51-45(61)39(23-33-25-48-28-50-33)54(7)47(63)37(22-32-15-10-9-11-16-32)52-44(60)38-18-14-19-55(38)41(58)27-68-69(65,66)67/h9-13,15-17,20,25,28-31,35-40,42,57H,8,14,18-19,21-24,26-27H2,1-7H3,(H,48,50)(H,49,62)(H,51,61)(H,52,60)(H,53,59)(H2,65,66,67)/t31-,35-,36-,37-,38-,39-,40-,42-/m0/s1. The van der Waals surface area contributed by atoms with E-state index in [2.05, 4.69) is 35.8 Å². The van der Waals surface area contributed by atoms with Gasteiger partial charge in [0.15, 0.2) is 6.20 Å². The third kappa shape index (κ3) is 17.0. The Morgan fingerprint density at radius 1 is 0.957 bits per heavy atom. The van der Waals surface area contributed by atoms with E-state index in [1.54, 1.807) is 48.5 Å². The number of hydrogen-bond donors (Lipinski definition) is 8. The number of aliphatic hydroxyl groups excluding tert-OH is 1. The number of nitrogens with one attached hydrogen (secondary N) is 5. The second-order valence-corrected chi connectivity index (χ2v) is 19.8. The highest BCUT2D eigenvalue weighted by Gasteiger charge is 2.40. The second kappa shape index (κ2) is 26.3. The molecule has 0 unspecified atom stereocenters. The van der Waals surface area contributed by atoms with Gasteiger partial charge in [-0.25, -0.2) is 9.55 Å². The fourth-order valence-corrected chi connectivity index (χ4v) is 8.62. The minimum absolute atomic E-state index is 0.00378. The molecule has 380 valence electrons. The topological polar surface area (TPSA) is 300 Å². The molecule has 1 fully saturated rings. The van der Waals surface area contributed by atoms with Gasteiger partial charge < -0.3 is 56.2 Å². The Balaban J connectivity index is 1.56. The monoisotopic (exact) mass is 983 g/mol. The highest BCUT2D eigenvalue weighted by Crippen LogP contribution is 2.36. The average Bonchev–Trinajstić information content (AvgIpc) is 4.02. The molecule has 8 atom stereocenters. The summed E-state index contributed by atoms with van der Waals surface area (Å²) in [7, 11) is -3.55. The smallest absolute Gasteiger partial charge is 0.470 e. The van der Waals surface area contributed by atoms with Crippen LogP contribution in [-0.4, -0.2) is 127 Å². The lowest BCUT2D eigenvalue weighted by atomic mass is 9.85. The van der Waals surface area contributed by atoms with E-state index in [9.17, 15) is 43.6 Å². The Morgan fingerprint density at radius 2 is 1.65 bits per heavy atom. The zero-order valence-electron chi connectivity index (χ0n) is 40.4. The van der Waals surface area contributed by atoms with Crippen molar-refractivity contribution in [1.82, 2.24) is 41.0 Å². The van der Waals surface area contributed by atoms with Gasteiger partial charge >= 0.3 is 7.82 Å². The third-order valence-corrected chi connectivity index (χ3v) is 13.0. The Labute approximate surface area is 403 Å². The van der Waals surface area contributed by atoms with Crippen LogP contribution < -0.4 is 26.0 Å². The van der Waals surface area contributed by atoms with E-state index in [0.717, 1.165) is 4.90 Å². The summed E-state index contributed by atoms with van der Waals surface area (Å²) in [4.78, 5) is 112. The van der Waals surface area contributed by atoms with E-state index in [4.69, 9.17) is 9.79 Å². The molecule has 1 aliphatic rings. The van der Waals surface area contributed by atoms with Crippen molar-refractivity contribution in [3.8, 4) is 0 Å². The molecule has 69 heavy (non-hydrogen) atoms. The van der Waals surface area contributed by atoms with Crippen molar-refractivity contribution in [2.24, 2.45) is 23.7 Å². The number of carbonyl (C=O) groups excluding carboxylic acids is 6. The van der Waals surface area contributed by atoms with Gasteiger partial charge in [0.1, 0.15) is 37.3 Å². The molecule has 8 N–H and O–H groups in total. The van der Waals surface area contributed by atoms with Gasteiger partial charge in [0.2, 0.25) is 41.1 Å². The number of hydrogen-bond acceptors (Lipinski definition) is 11. The van der Waals surface area contributed by atoms with Crippen LogP contribution in [0.5, 0.6) is 0 Å². The highest BCUT2D eigenvalue weighted by atomic mass is 31.2. The third-order valence-electron chi connectivity index (χ3n) is 12.5. The number of nitrogens with zero attached hydrogens (tertiary/aromatic N) is 4. The molecule has 1 aliphatic heterocycles. The number of likely N-dealkylation sites (tertiary alicyclic amines) is 1. The van der Waals surface area contributed by atoms with Crippen molar-refractivity contribution >= 4 is 43.3 Å². The Kier molecular flexibility index (Phi) is 21.3. The largest absolute Gasteiger partial charge is 0.618 e. The number of aliphatic hydroxyl groups is 1. The average molecular weight is 984 g/mol. The zero-order chi connectivity index (χ0) is 51.0. The van der Waals surface area contributed by atoms with Crippen molar-refractivity contribution in [2.45, 2.75) is 129 Å². The first kappa shape index (κ1) is 55.9. The summed E-state index contributed by atoms with van der Waals surface area (Å²) in [5.74, 6) is -5.17. The number of rotatable bonds is 26. The second-order valence-electron chi connectivity index (χ2n) is 18.5. The maximum atomic E-state index is 14.7. The molecule has 22 heteroatoms. The molecule has 1 aromatic carbocycles. The summed E-state index contributed by atoms with van der Waals surface area (Å²) < 4.78 is 16.3. The minimum atomic E-state index is -4.97. The summed E-state index contributed by atoms with van der Waals surface area (Å²) in [6.07, 6.45) is 4.30. The van der Waals surface area contributed by atoms with Crippen LogP contribution in [-0.2, 0) is 57.2 Å². The maximum absolute atomic E-state index is 14.7. The van der Waals surface area contributed by atoms with Crippen LogP contribution in [0.15, 0.2) is 67.3 Å². The van der Waals surface area contributed by atoms with E-state index < -0.39 is 92.1 Å². The molecule has 1 saturated heterocycles. The van der Waals surface area contributed by atoms with E-state index in [-0.39, 0.29) is 62.9 Å². The van der Waals surface area contributed by atoms with Gasteiger partial charge in [-0.15, -0.1) is 0 Å². The number of aromatic nitrogens is 3. The fraction of sp³-hybridized carbons (Fsp3) is 0.574. The van der Waals surface area contributed by atoms with Crippen LogP contribution in [0.2, 0.25) is 0 Å². The van der Waals surface area contributed by atoms with Crippen LogP contribution >= 0.6 is 7.82 Å². The highest BCUT2D eigenvalue weighted by molar-refractivity contribution is 7.46. The van der Waals surface area contributed by atoms with E-state index in [1.165, 1.54) is 30.7 Å². The molecule has 2 aromatic heterocycles. The van der Waals surface area contributed by atoms with Gasteiger partial charge in [-0.3, -0.25) is 33.3 Å². The number of carbonyl (C=O) groups is 6. The number of likely N-dealkylation sites (N-methyl/N-ethyl adjacent to an activating group) is 1. The van der Waals surface area contributed by atoms with Crippen molar-refractivity contribution < 1.29 is 57.5 Å². The SMILES string of the molecule is CC[C@H](C)[C@H](NC(=O)[C@@H](C[C@H](O)[C@H](CC(C)C)NC(=O)[C@H](Cc1cnc[nH]1)N(C)C(=O)[C@H](Cc1ccccc1)NC(=O)[C@@H]1CCCN1C(=O)COP(=O)(O)O)C(C)C)C(=O)NCc1cccc[n+]1[O-]. The number of phosphoric ester groups is 1. The molecule has 4 rings (SSSR count). The molecule has 0 radical (unpaired) electrons. The van der Waals surface area contributed by atoms with Gasteiger partial charge in [0, 0.05) is 56.4 Å². The van der Waals surface area contributed by atoms with Gasteiger partial charge in [-0.2, -0.15) is 4.73 Å². The lowest BCUT2D eigenvalue weighted by molar-refractivity contribution is -0.614. The number of amides is 6. The molecule has 3 heterocycles. The van der Waals surface area contributed by atoms with Crippen molar-refractivity contribution in [1.29, 1.82) is 0 Å². The maximum Gasteiger partial charge on any atom is 0.470 e. The Morgan fingerprint density at radius 3 is 2.26 bits per heavy atom. The number of benzene rings is 1. The molecule has 0 aliphatic carbocycles. The van der Waals surface area contributed by atoms with Gasteiger partial charge in [0.05, 0.1) is 18.5 Å². The van der Waals surface area contributed by atoms with Crippen LogP contribution in [0, 0.1) is 28.9 Å². The Hall–Kier alpha value is -5.73. The zero-order valence-corrected chi connectivity index (χ0v) is 41.3. The fourth-order valence-electron chi connectivity index (χ4n) is 8.34. The van der Waals surface area contributed by atoms with E-state index in [0.29, 0.717) is 34.5 Å². The first-order valence-corrected chi connectivity index (χ1v) is 24.9. The number of phosphoric acid groups is 1. The molecular weight excluding hydrogens is 914 g/mol. The number of aromatic amines is 1. The lowest BCUT2D eigenvalue weighted by Gasteiger charge is -2.35. The predicted octanol–water partition coefficient (Wildman–Crippen LogP) is 1.64. The van der Waals surface area contributed by atoms with Crippen LogP contribution in [0.3, 0.4) is 0 Å². The normalized spacial score (nSPS) is 17.0. The molecule has 0 saturated carbocycles. The molecule has 0 spiro atoms. The summed E-state index contributed by atoms with van der Waals surface area (Å²) >= 11 is 0. The predicted molar refractivity (Wildman–Crippen MR) is 253 cm³/mol. The quantitative estimate of drug-likeness (QED) is 0.0323. The van der Waals surface area contributed by atoms with Gasteiger partial charge in [-0.05, 0) is 55.1 Å². The first-order valence-electron chi connectivity index (χ1n) is 23.4. The van der Waals surface area contributed by atoms with E-state index in [1.807, 2.05) is 41.5 Å². The van der Waals surface area contributed by atoms with Crippen LogP contribution in [0.25, 0.3) is 0 Å². The van der Waals surface area contributed by atoms with Gasteiger partial charge in [0.25, 0.3) is 0 Å². The summed E-state index contributed by atoms with van der Waals surface area (Å²) in [5, 5.41) is 35.6. The number of H-pyrrole nitrogens is 1. The Bertz CT molecular complexity index is 2210. The molecule has 21 nitrogen and oxygen atoms in total. The summed E-state index contributed by atoms with van der Waals surface area (Å²) in [6.45, 7) is 10.3. The molecule has 6 amide bonds. The molecule has 0 bridgehead atoms. The van der Waals surface area contributed by atoms with Crippen molar-refractivity contribution in [3.05, 3.63) is 89.4 Å². The van der Waals surface area contributed by atoms with Gasteiger partial charge in [-0.1, -0.05) is 78.3 Å². The molecular formula is C47H70N9O12P. The summed E-state index contributed by atoms with van der Waals surface area (Å²) in [5.41, 5.74) is 1.50. The first-order chi connectivity index (χ1) is 32.6. The van der Waals surface area contributed by atoms with E-state index >= 15 is 0 Å².